The molecule has 0 bridgehead atoms. The molecule has 0 saturated heterocycles. The van der Waals surface area contributed by atoms with Crippen molar-refractivity contribution < 1.29 is 14.7 Å². The smallest absolute Gasteiger partial charge is 0.337 e. The van der Waals surface area contributed by atoms with Gasteiger partial charge in [-0.15, -0.1) is 11.8 Å². The number of hydrogen-bond donors (Lipinski definition) is 4. The average Bonchev–Trinajstić information content (AvgIpc) is 2.89. The molecule has 0 radical (unpaired) electrons. The minimum atomic E-state index is -1.17. The second-order valence-electron chi connectivity index (χ2n) is 7.87. The van der Waals surface area contributed by atoms with Crippen molar-refractivity contribution >= 4 is 69.6 Å². The van der Waals surface area contributed by atoms with Gasteiger partial charge in [-0.05, 0) is 66.3 Å². The molecule has 0 spiro atoms. The van der Waals surface area contributed by atoms with Gasteiger partial charge in [-0.3, -0.25) is 4.79 Å². The van der Waals surface area contributed by atoms with Crippen LogP contribution in [0.5, 0.6) is 0 Å². The molecule has 0 saturated carbocycles. The van der Waals surface area contributed by atoms with Crippen LogP contribution in [0.15, 0.2) is 108 Å². The molecule has 4 aromatic rings. The van der Waals surface area contributed by atoms with Crippen LogP contribution in [-0.4, -0.2) is 22.1 Å². The molecule has 9 heteroatoms. The Morgan fingerprint density at radius 1 is 0.757 bits per heavy atom. The van der Waals surface area contributed by atoms with Gasteiger partial charge in [-0.25, -0.2) is 4.79 Å². The summed E-state index contributed by atoms with van der Waals surface area (Å²) in [7, 11) is 0. The van der Waals surface area contributed by atoms with E-state index in [-0.39, 0.29) is 16.5 Å². The molecule has 0 aromatic heterocycles. The second-order valence-corrected chi connectivity index (χ2v) is 9.86. The molecule has 1 unspecified atom stereocenters. The molecule has 0 aliphatic rings. The van der Waals surface area contributed by atoms with Crippen LogP contribution in [0, 0.1) is 0 Å². The lowest BCUT2D eigenvalue weighted by Gasteiger charge is -2.18. The largest absolute Gasteiger partial charge is 0.478 e. The molecule has 1 atom stereocenters. The summed E-state index contributed by atoms with van der Waals surface area (Å²) < 4.78 is 0. The molecule has 37 heavy (non-hydrogen) atoms. The predicted molar refractivity (Wildman–Crippen MR) is 155 cm³/mol. The maximum absolute atomic E-state index is 13.4. The molecule has 1 amide bonds. The Hall–Kier alpha value is -3.85. The van der Waals surface area contributed by atoms with Crippen molar-refractivity contribution in [2.45, 2.75) is 10.1 Å². The van der Waals surface area contributed by atoms with Crippen LogP contribution in [0.1, 0.15) is 21.2 Å². The molecule has 4 rings (SSSR count). The fourth-order valence-electron chi connectivity index (χ4n) is 3.47. The summed E-state index contributed by atoms with van der Waals surface area (Å²) in [4.78, 5) is 25.7. The molecule has 4 N–H and O–H groups in total. The number of benzene rings is 4. The van der Waals surface area contributed by atoms with Gasteiger partial charge in [0, 0.05) is 22.0 Å². The third-order valence-corrected chi connectivity index (χ3v) is 6.96. The van der Waals surface area contributed by atoms with Crippen LogP contribution in [0.2, 0.25) is 5.02 Å². The number of carbonyl (C=O) groups excluding carboxylic acids is 1. The minimum Gasteiger partial charge on any atom is -0.478 e. The number of halogens is 1. The lowest BCUT2D eigenvalue weighted by molar-refractivity contribution is -0.115. The molecule has 0 aliphatic carbocycles. The molecular weight excluding hydrogens is 526 g/mol. The van der Waals surface area contributed by atoms with E-state index in [0.29, 0.717) is 10.8 Å². The molecule has 0 fully saturated rings. The Labute approximate surface area is 229 Å². The van der Waals surface area contributed by atoms with E-state index in [0.717, 1.165) is 21.8 Å². The molecular formula is C28H22ClN3O3S2. The van der Waals surface area contributed by atoms with Crippen LogP contribution in [0.3, 0.4) is 0 Å². The van der Waals surface area contributed by atoms with Crippen molar-refractivity contribution in [3.8, 4) is 0 Å². The summed E-state index contributed by atoms with van der Waals surface area (Å²) in [5, 5.41) is 18.4. The van der Waals surface area contributed by atoms with Crippen molar-refractivity contribution in [3.05, 3.63) is 119 Å². The summed E-state index contributed by atoms with van der Waals surface area (Å²) in [5.74, 6) is -1.46. The van der Waals surface area contributed by atoms with Crippen LogP contribution >= 0.6 is 35.6 Å². The molecule has 4 aromatic carbocycles. The van der Waals surface area contributed by atoms with E-state index in [1.807, 2.05) is 84.9 Å². The van der Waals surface area contributed by atoms with Gasteiger partial charge < -0.3 is 21.1 Å². The Kier molecular flexibility index (Phi) is 8.79. The van der Waals surface area contributed by atoms with Gasteiger partial charge in [0.05, 0.1) is 10.6 Å². The number of carbonyl (C=O) groups is 2. The van der Waals surface area contributed by atoms with E-state index < -0.39 is 11.2 Å². The van der Waals surface area contributed by atoms with Crippen LogP contribution in [0.4, 0.5) is 17.1 Å². The topological polar surface area (TPSA) is 90.5 Å². The maximum Gasteiger partial charge on any atom is 0.337 e. The number of aromatic carboxylic acids is 1. The maximum atomic E-state index is 13.4. The van der Waals surface area contributed by atoms with Gasteiger partial charge in [0.1, 0.15) is 5.25 Å². The van der Waals surface area contributed by atoms with Gasteiger partial charge in [0.15, 0.2) is 5.11 Å². The number of nitrogens with one attached hydrogen (secondary N) is 3. The van der Waals surface area contributed by atoms with Gasteiger partial charge in [-0.1, -0.05) is 66.2 Å². The molecule has 186 valence electrons. The number of para-hydroxylation sites is 1. The molecule has 0 aliphatic heterocycles. The minimum absolute atomic E-state index is 0.0813. The van der Waals surface area contributed by atoms with Crippen LogP contribution < -0.4 is 16.0 Å². The number of amides is 1. The van der Waals surface area contributed by atoms with Gasteiger partial charge >= 0.3 is 5.97 Å². The van der Waals surface area contributed by atoms with E-state index in [9.17, 15) is 14.7 Å². The van der Waals surface area contributed by atoms with Gasteiger partial charge in [0.2, 0.25) is 5.91 Å². The van der Waals surface area contributed by atoms with E-state index in [1.165, 1.54) is 23.9 Å². The third kappa shape index (κ3) is 7.33. The zero-order valence-electron chi connectivity index (χ0n) is 19.4. The fraction of sp³-hybridized carbons (Fsp3) is 0.0357. The highest BCUT2D eigenvalue weighted by atomic mass is 35.5. The first-order valence-electron chi connectivity index (χ1n) is 11.2. The second kappa shape index (κ2) is 12.4. The fourth-order valence-corrected chi connectivity index (χ4v) is 4.99. The Balaban J connectivity index is 1.52. The third-order valence-electron chi connectivity index (χ3n) is 5.18. The zero-order valence-corrected chi connectivity index (χ0v) is 21.7. The molecule has 6 nitrogen and oxygen atoms in total. The van der Waals surface area contributed by atoms with Crippen molar-refractivity contribution in [2.24, 2.45) is 0 Å². The monoisotopic (exact) mass is 547 g/mol. The summed E-state index contributed by atoms with van der Waals surface area (Å²) >= 11 is 12.8. The van der Waals surface area contributed by atoms with E-state index in [1.54, 1.807) is 6.07 Å². The number of anilines is 3. The number of carboxylic acids is 1. The van der Waals surface area contributed by atoms with E-state index in [4.69, 9.17) is 23.8 Å². The highest BCUT2D eigenvalue weighted by Crippen LogP contribution is 2.37. The van der Waals surface area contributed by atoms with Gasteiger partial charge in [-0.2, -0.15) is 0 Å². The van der Waals surface area contributed by atoms with Gasteiger partial charge in [0.25, 0.3) is 0 Å². The summed E-state index contributed by atoms with van der Waals surface area (Å²) in [5.41, 5.74) is 2.72. The Morgan fingerprint density at radius 3 is 2.08 bits per heavy atom. The first-order valence-corrected chi connectivity index (χ1v) is 12.8. The van der Waals surface area contributed by atoms with Crippen molar-refractivity contribution in [2.75, 3.05) is 16.0 Å². The number of carboxylic acid groups (broad SMARTS) is 1. The first-order chi connectivity index (χ1) is 17.9. The zero-order chi connectivity index (χ0) is 26.2. The normalized spacial score (nSPS) is 11.3. The number of hydrogen-bond acceptors (Lipinski definition) is 4. The van der Waals surface area contributed by atoms with Crippen LogP contribution in [-0.2, 0) is 4.79 Å². The number of thioether (sulfide) groups is 1. The van der Waals surface area contributed by atoms with E-state index >= 15 is 0 Å². The highest BCUT2D eigenvalue weighted by molar-refractivity contribution is 8.00. The Bertz CT molecular complexity index is 1420. The van der Waals surface area contributed by atoms with Crippen molar-refractivity contribution in [3.63, 3.8) is 0 Å². The van der Waals surface area contributed by atoms with Crippen LogP contribution in [0.25, 0.3) is 0 Å². The number of thiocarbonyl (C=S) groups is 1. The molecule has 0 heterocycles. The SMILES string of the molecule is O=C(O)c1cc(NC(=O)C(Sc2cccc(NC(=S)Nc3ccccc3)c2)c2ccccc2)ccc1Cl. The van der Waals surface area contributed by atoms with Crippen molar-refractivity contribution in [1.82, 2.24) is 0 Å². The highest BCUT2D eigenvalue weighted by Gasteiger charge is 2.23. The quantitative estimate of drug-likeness (QED) is 0.136. The van der Waals surface area contributed by atoms with E-state index in [2.05, 4.69) is 16.0 Å². The lowest BCUT2D eigenvalue weighted by Crippen LogP contribution is -2.20. The Morgan fingerprint density at radius 2 is 1.38 bits per heavy atom. The standard InChI is InChI=1S/C28H22ClN3O3S2/c29-24-15-14-21(17-23(24)27(34)35)30-26(33)25(18-8-3-1-4-9-18)37-22-13-7-12-20(16-22)32-28(36)31-19-10-5-2-6-11-19/h1-17,25H,(H,30,33)(H,34,35)(H2,31,32,36). The number of rotatable bonds is 8. The first kappa shape index (κ1) is 26.2. The summed E-state index contributed by atoms with van der Waals surface area (Å²) in [6.45, 7) is 0. The summed E-state index contributed by atoms with van der Waals surface area (Å²) in [6.07, 6.45) is 0. The summed E-state index contributed by atoms with van der Waals surface area (Å²) in [6, 6.07) is 31.0. The average molecular weight is 548 g/mol. The van der Waals surface area contributed by atoms with Crippen molar-refractivity contribution in [1.29, 1.82) is 0 Å². The lowest BCUT2D eigenvalue weighted by atomic mass is 10.1. The predicted octanol–water partition coefficient (Wildman–Crippen LogP) is 7.32.